The molecule has 0 radical (unpaired) electrons. The predicted molar refractivity (Wildman–Crippen MR) is 154 cm³/mol. The first-order valence-corrected chi connectivity index (χ1v) is 14.7. The highest BCUT2D eigenvalue weighted by molar-refractivity contribution is 9.10. The number of benzene rings is 3. The van der Waals surface area contributed by atoms with Crippen LogP contribution in [0.3, 0.4) is 0 Å². The number of nitrogens with one attached hydrogen (secondary N) is 1. The van der Waals surface area contributed by atoms with Crippen molar-refractivity contribution < 1.29 is 18.0 Å². The summed E-state index contributed by atoms with van der Waals surface area (Å²) in [6, 6.07) is 20.1. The molecule has 0 bridgehead atoms. The van der Waals surface area contributed by atoms with E-state index in [4.69, 9.17) is 0 Å². The van der Waals surface area contributed by atoms with Crippen molar-refractivity contribution in [1.82, 2.24) is 10.2 Å². The lowest BCUT2D eigenvalue weighted by atomic mass is 10.1. The minimum Gasteiger partial charge on any atom is -0.354 e. The van der Waals surface area contributed by atoms with Gasteiger partial charge in [0.25, 0.3) is 10.0 Å². The number of hydrogen-bond donors (Lipinski definition) is 1. The fourth-order valence-corrected chi connectivity index (χ4v) is 5.85. The number of anilines is 1. The maximum atomic E-state index is 13.9. The summed E-state index contributed by atoms with van der Waals surface area (Å²) in [7, 11) is -4.08. The molecule has 0 aliphatic carbocycles. The van der Waals surface area contributed by atoms with E-state index >= 15 is 0 Å². The topological polar surface area (TPSA) is 86.8 Å². The van der Waals surface area contributed by atoms with E-state index in [1.807, 2.05) is 57.2 Å². The van der Waals surface area contributed by atoms with Crippen LogP contribution in [0.5, 0.6) is 0 Å². The molecular formula is C29H34BrN3O4S. The zero-order chi connectivity index (χ0) is 27.9. The van der Waals surface area contributed by atoms with Crippen molar-refractivity contribution >= 4 is 43.5 Å². The van der Waals surface area contributed by atoms with Crippen LogP contribution in [0.2, 0.25) is 0 Å². The summed E-state index contributed by atoms with van der Waals surface area (Å²) in [5.41, 5.74) is 2.94. The Balaban J connectivity index is 2.03. The summed E-state index contributed by atoms with van der Waals surface area (Å²) in [6.07, 6.45) is 0.759. The molecule has 0 spiro atoms. The quantitative estimate of drug-likeness (QED) is 0.328. The molecule has 0 heterocycles. The van der Waals surface area contributed by atoms with Gasteiger partial charge in [0, 0.05) is 17.6 Å². The van der Waals surface area contributed by atoms with Gasteiger partial charge in [-0.25, -0.2) is 8.42 Å². The van der Waals surface area contributed by atoms with E-state index in [0.717, 1.165) is 31.9 Å². The molecule has 3 rings (SSSR count). The number of amides is 2. The lowest BCUT2D eigenvalue weighted by Gasteiger charge is -2.32. The molecule has 1 N–H and O–H groups in total. The SMILES string of the molecule is CCCNC(=O)[C@@H](C)N(Cc1ccc(Br)cc1)C(=O)CN(c1ccc(C)cc1C)S(=O)(=O)c1ccccc1. The number of aryl methyl sites for hydroxylation is 2. The third-order valence-corrected chi connectivity index (χ3v) is 8.52. The largest absolute Gasteiger partial charge is 0.354 e. The highest BCUT2D eigenvalue weighted by Gasteiger charge is 2.33. The van der Waals surface area contributed by atoms with E-state index in [0.29, 0.717) is 12.2 Å². The predicted octanol–water partition coefficient (Wildman–Crippen LogP) is 5.20. The lowest BCUT2D eigenvalue weighted by Crippen LogP contribution is -2.51. The molecular weight excluding hydrogens is 566 g/mol. The van der Waals surface area contributed by atoms with Crippen molar-refractivity contribution in [3.63, 3.8) is 0 Å². The second-order valence-electron chi connectivity index (χ2n) is 9.23. The molecule has 9 heteroatoms. The number of carbonyl (C=O) groups excluding carboxylic acids is 2. The highest BCUT2D eigenvalue weighted by Crippen LogP contribution is 2.28. The molecule has 3 aromatic carbocycles. The number of hydrogen-bond acceptors (Lipinski definition) is 4. The molecule has 202 valence electrons. The van der Waals surface area contributed by atoms with Crippen molar-refractivity contribution in [2.75, 3.05) is 17.4 Å². The van der Waals surface area contributed by atoms with Crippen LogP contribution in [-0.4, -0.2) is 44.3 Å². The number of carbonyl (C=O) groups is 2. The molecule has 0 aliphatic rings. The third-order valence-electron chi connectivity index (χ3n) is 6.21. The number of rotatable bonds is 11. The van der Waals surface area contributed by atoms with Gasteiger partial charge in [-0.3, -0.25) is 13.9 Å². The Morgan fingerprint density at radius 3 is 2.24 bits per heavy atom. The van der Waals surface area contributed by atoms with Crippen LogP contribution >= 0.6 is 15.9 Å². The summed E-state index contributed by atoms with van der Waals surface area (Å²) < 4.78 is 29.7. The molecule has 0 unspecified atom stereocenters. The molecule has 0 saturated carbocycles. The van der Waals surface area contributed by atoms with Crippen molar-refractivity contribution in [2.45, 2.75) is 51.6 Å². The average molecular weight is 601 g/mol. The molecule has 2 amide bonds. The Hall–Kier alpha value is -3.17. The Bertz CT molecular complexity index is 1360. The van der Waals surface area contributed by atoms with Gasteiger partial charge in [-0.1, -0.05) is 70.9 Å². The summed E-state index contributed by atoms with van der Waals surface area (Å²) in [5, 5.41) is 2.85. The Kier molecular flexibility index (Phi) is 10.1. The van der Waals surface area contributed by atoms with Gasteiger partial charge in [0.15, 0.2) is 0 Å². The third kappa shape index (κ3) is 7.23. The minimum atomic E-state index is -4.08. The van der Waals surface area contributed by atoms with Crippen molar-refractivity contribution in [1.29, 1.82) is 0 Å². The Morgan fingerprint density at radius 1 is 0.974 bits per heavy atom. The zero-order valence-corrected chi connectivity index (χ0v) is 24.6. The maximum Gasteiger partial charge on any atom is 0.264 e. The van der Waals surface area contributed by atoms with Crippen molar-refractivity contribution in [3.8, 4) is 0 Å². The average Bonchev–Trinajstić information content (AvgIpc) is 2.90. The molecule has 0 saturated heterocycles. The van der Waals surface area contributed by atoms with E-state index in [1.165, 1.54) is 17.0 Å². The Labute approximate surface area is 234 Å². The van der Waals surface area contributed by atoms with E-state index < -0.39 is 28.5 Å². The number of nitrogens with zero attached hydrogens (tertiary/aromatic N) is 2. The van der Waals surface area contributed by atoms with Crippen molar-refractivity contribution in [3.05, 3.63) is 94.0 Å². The van der Waals surface area contributed by atoms with E-state index in [9.17, 15) is 18.0 Å². The van der Waals surface area contributed by atoms with Crippen LogP contribution in [0.25, 0.3) is 0 Å². The van der Waals surface area contributed by atoms with Crippen LogP contribution in [0, 0.1) is 13.8 Å². The van der Waals surface area contributed by atoms with E-state index in [2.05, 4.69) is 21.2 Å². The first-order chi connectivity index (χ1) is 18.0. The van der Waals surface area contributed by atoms with Gasteiger partial charge in [-0.2, -0.15) is 0 Å². The molecule has 1 atom stereocenters. The van der Waals surface area contributed by atoms with Gasteiger partial charge in [0.1, 0.15) is 12.6 Å². The number of sulfonamides is 1. The van der Waals surface area contributed by atoms with Gasteiger partial charge in [0.2, 0.25) is 11.8 Å². The van der Waals surface area contributed by atoms with Gasteiger partial charge < -0.3 is 10.2 Å². The van der Waals surface area contributed by atoms with Gasteiger partial charge in [-0.05, 0) is 68.7 Å². The van der Waals surface area contributed by atoms with Crippen molar-refractivity contribution in [2.24, 2.45) is 0 Å². The van der Waals surface area contributed by atoms with Gasteiger partial charge in [-0.15, -0.1) is 0 Å². The van der Waals surface area contributed by atoms with E-state index in [1.54, 1.807) is 31.2 Å². The van der Waals surface area contributed by atoms with Crippen LogP contribution in [-0.2, 0) is 26.2 Å². The van der Waals surface area contributed by atoms with Gasteiger partial charge in [0.05, 0.1) is 10.6 Å². The zero-order valence-electron chi connectivity index (χ0n) is 22.1. The summed E-state index contributed by atoms with van der Waals surface area (Å²) in [4.78, 5) is 28.3. The second-order valence-corrected chi connectivity index (χ2v) is 12.0. The molecule has 0 aliphatic heterocycles. The monoisotopic (exact) mass is 599 g/mol. The second kappa shape index (κ2) is 13.1. The molecule has 0 fully saturated rings. The number of halogens is 1. The smallest absolute Gasteiger partial charge is 0.264 e. The first-order valence-electron chi connectivity index (χ1n) is 12.5. The molecule has 7 nitrogen and oxygen atoms in total. The van der Waals surface area contributed by atoms with Gasteiger partial charge >= 0.3 is 0 Å². The van der Waals surface area contributed by atoms with Crippen LogP contribution in [0.1, 0.15) is 37.0 Å². The molecule has 3 aromatic rings. The molecule has 38 heavy (non-hydrogen) atoms. The minimum absolute atomic E-state index is 0.0842. The highest BCUT2D eigenvalue weighted by atomic mass is 79.9. The normalized spacial score (nSPS) is 12.0. The Morgan fingerprint density at radius 2 is 1.63 bits per heavy atom. The fraction of sp³-hybridized carbons (Fsp3) is 0.310. The first kappa shape index (κ1) is 29.4. The van der Waals surface area contributed by atoms with Crippen LogP contribution in [0.15, 0.2) is 82.2 Å². The van der Waals surface area contributed by atoms with E-state index in [-0.39, 0.29) is 17.3 Å². The lowest BCUT2D eigenvalue weighted by molar-refractivity contribution is -0.139. The summed E-state index contributed by atoms with van der Waals surface area (Å²) in [6.45, 7) is 7.54. The standard InChI is InChI=1S/C29H34BrN3O4S/c1-5-17-31-29(35)23(4)32(19-24-12-14-25(30)15-13-24)28(34)20-33(27-16-11-21(2)18-22(27)3)38(36,37)26-9-7-6-8-10-26/h6-16,18,23H,5,17,19-20H2,1-4H3,(H,31,35)/t23-/m1/s1. The fourth-order valence-electron chi connectivity index (χ4n) is 4.08. The summed E-state index contributed by atoms with van der Waals surface area (Å²) >= 11 is 3.42. The van der Waals surface area contributed by atoms with Crippen LogP contribution < -0.4 is 9.62 Å². The van der Waals surface area contributed by atoms with Crippen LogP contribution in [0.4, 0.5) is 5.69 Å². The molecule has 0 aromatic heterocycles. The summed E-state index contributed by atoms with van der Waals surface area (Å²) in [5.74, 6) is -0.771. The maximum absolute atomic E-state index is 13.9.